The minimum Gasteiger partial charge on any atom is -0.308 e. The summed E-state index contributed by atoms with van der Waals surface area (Å²) in [4.78, 5) is 5.24. The molecule has 1 saturated carbocycles. The first-order valence-corrected chi connectivity index (χ1v) is 6.28. The smallest absolute Gasteiger partial charge is 0.0965 e. The Bertz CT molecular complexity index is 445. The van der Waals surface area contributed by atoms with E-state index in [4.69, 9.17) is 0 Å². The molecule has 0 spiro atoms. The van der Waals surface area contributed by atoms with Gasteiger partial charge >= 0.3 is 0 Å². The van der Waals surface area contributed by atoms with Gasteiger partial charge < -0.3 is 5.32 Å². The Balaban J connectivity index is 1.58. The van der Waals surface area contributed by atoms with Crippen molar-refractivity contribution in [1.29, 1.82) is 0 Å². The van der Waals surface area contributed by atoms with Gasteiger partial charge in [0.05, 0.1) is 23.9 Å². The van der Waals surface area contributed by atoms with Gasteiger partial charge in [-0.3, -0.25) is 4.98 Å². The van der Waals surface area contributed by atoms with Crippen LogP contribution in [-0.2, 0) is 13.1 Å². The first-order valence-electron chi connectivity index (χ1n) is 5.40. The van der Waals surface area contributed by atoms with Crippen molar-refractivity contribution in [2.24, 2.45) is 0 Å². The molecule has 1 aliphatic rings. The number of nitrogens with one attached hydrogen (secondary N) is 1. The second kappa shape index (κ2) is 4.31. The maximum Gasteiger partial charge on any atom is 0.0965 e. The Kier molecular flexibility index (Phi) is 2.67. The van der Waals surface area contributed by atoms with E-state index < -0.39 is 0 Å². The summed E-state index contributed by atoms with van der Waals surface area (Å²) < 4.78 is 1.86. The maximum absolute atomic E-state index is 4.13. The van der Waals surface area contributed by atoms with Gasteiger partial charge in [0.25, 0.3) is 0 Å². The highest BCUT2D eigenvalue weighted by molar-refractivity contribution is 7.09. The molecule has 0 radical (unpaired) electrons. The van der Waals surface area contributed by atoms with Crippen molar-refractivity contribution in [3.05, 3.63) is 28.5 Å². The Morgan fingerprint density at radius 2 is 2.44 bits per heavy atom. The zero-order valence-electron chi connectivity index (χ0n) is 8.83. The first kappa shape index (κ1) is 9.92. The van der Waals surface area contributed by atoms with Crippen molar-refractivity contribution in [2.75, 3.05) is 0 Å². The topological polar surface area (TPSA) is 55.6 Å². The number of hydrogen-bond acceptors (Lipinski definition) is 5. The van der Waals surface area contributed by atoms with Gasteiger partial charge in [0.2, 0.25) is 0 Å². The van der Waals surface area contributed by atoms with Gasteiger partial charge in [-0.1, -0.05) is 5.21 Å². The van der Waals surface area contributed by atoms with Gasteiger partial charge in [-0.25, -0.2) is 4.68 Å². The summed E-state index contributed by atoms with van der Waals surface area (Å²) in [7, 11) is 0. The molecule has 5 nitrogen and oxygen atoms in total. The normalized spacial score (nSPS) is 15.5. The van der Waals surface area contributed by atoms with Crippen LogP contribution in [-0.4, -0.2) is 26.0 Å². The van der Waals surface area contributed by atoms with Crippen molar-refractivity contribution in [3.63, 3.8) is 0 Å². The molecule has 2 aromatic heterocycles. The minimum absolute atomic E-state index is 0.714. The molecule has 0 atom stereocenters. The van der Waals surface area contributed by atoms with Gasteiger partial charge in [-0.05, 0) is 12.8 Å². The third-order valence-corrected chi connectivity index (χ3v) is 3.30. The Morgan fingerprint density at radius 1 is 1.50 bits per heavy atom. The first-order chi connectivity index (χ1) is 7.90. The van der Waals surface area contributed by atoms with Crippen LogP contribution in [0.15, 0.2) is 17.9 Å². The van der Waals surface area contributed by atoms with Crippen molar-refractivity contribution in [2.45, 2.75) is 32.0 Å². The molecule has 6 heteroatoms. The lowest BCUT2D eigenvalue weighted by Crippen LogP contribution is -2.15. The Hall–Kier alpha value is -1.27. The summed E-state index contributed by atoms with van der Waals surface area (Å²) in [6.45, 7) is 1.59. The number of nitrogens with zero attached hydrogens (tertiary/aromatic N) is 4. The molecule has 1 aliphatic carbocycles. The van der Waals surface area contributed by atoms with Crippen molar-refractivity contribution < 1.29 is 0 Å². The lowest BCUT2D eigenvalue weighted by molar-refractivity contribution is 0.650. The van der Waals surface area contributed by atoms with Crippen molar-refractivity contribution in [1.82, 2.24) is 25.3 Å². The molecule has 0 saturated heterocycles. The van der Waals surface area contributed by atoms with Crippen LogP contribution in [0.2, 0.25) is 0 Å². The Morgan fingerprint density at radius 3 is 3.19 bits per heavy atom. The molecule has 16 heavy (non-hydrogen) atoms. The summed E-state index contributed by atoms with van der Waals surface area (Å²) in [5.41, 5.74) is 2.85. The molecule has 2 heterocycles. The van der Waals surface area contributed by atoms with Gasteiger partial charge in [-0.15, -0.1) is 16.4 Å². The standard InChI is InChI=1S/C10H13N5S/c1-2-8(1)12-3-9-5-15(14-13-9)6-10-4-11-7-16-10/h4-5,7-8,12H,1-3,6H2. The molecular weight excluding hydrogens is 222 g/mol. The fraction of sp³-hybridized carbons (Fsp3) is 0.500. The quantitative estimate of drug-likeness (QED) is 0.841. The van der Waals surface area contributed by atoms with E-state index in [1.165, 1.54) is 17.7 Å². The fourth-order valence-electron chi connectivity index (χ4n) is 1.51. The van der Waals surface area contributed by atoms with E-state index in [1.54, 1.807) is 11.3 Å². The van der Waals surface area contributed by atoms with E-state index in [2.05, 4.69) is 20.6 Å². The van der Waals surface area contributed by atoms with Gasteiger partial charge in [-0.2, -0.15) is 0 Å². The molecule has 0 aromatic carbocycles. The molecule has 0 amide bonds. The van der Waals surface area contributed by atoms with E-state index in [0.29, 0.717) is 6.04 Å². The zero-order chi connectivity index (χ0) is 10.8. The van der Waals surface area contributed by atoms with Gasteiger partial charge in [0, 0.05) is 23.7 Å². The SMILES string of the molecule is c1ncc(Cn2cc(CNC3CC3)nn2)s1. The lowest BCUT2D eigenvalue weighted by atomic mass is 10.4. The van der Waals surface area contributed by atoms with Crippen LogP contribution in [0.1, 0.15) is 23.4 Å². The van der Waals surface area contributed by atoms with E-state index >= 15 is 0 Å². The van der Waals surface area contributed by atoms with E-state index in [1.807, 2.05) is 22.6 Å². The summed E-state index contributed by atoms with van der Waals surface area (Å²) in [5.74, 6) is 0. The number of aromatic nitrogens is 4. The molecule has 1 N–H and O–H groups in total. The second-order valence-corrected chi connectivity index (χ2v) is 5.00. The van der Waals surface area contributed by atoms with Crippen LogP contribution in [0.3, 0.4) is 0 Å². The second-order valence-electron chi connectivity index (χ2n) is 4.03. The van der Waals surface area contributed by atoms with Crippen LogP contribution in [0.4, 0.5) is 0 Å². The van der Waals surface area contributed by atoms with Gasteiger partial charge in [0.15, 0.2) is 0 Å². The van der Waals surface area contributed by atoms with Crippen molar-refractivity contribution >= 4 is 11.3 Å². The molecular formula is C10H13N5S. The highest BCUT2D eigenvalue weighted by atomic mass is 32.1. The summed E-state index contributed by atoms with van der Waals surface area (Å²) in [5, 5.41) is 11.6. The fourth-order valence-corrected chi connectivity index (χ4v) is 2.10. The Labute approximate surface area is 97.5 Å². The molecule has 3 rings (SSSR count). The third-order valence-electron chi connectivity index (χ3n) is 2.54. The van der Waals surface area contributed by atoms with Crippen LogP contribution >= 0.6 is 11.3 Å². The third kappa shape index (κ3) is 2.45. The zero-order valence-corrected chi connectivity index (χ0v) is 9.65. The predicted octanol–water partition coefficient (Wildman–Crippen LogP) is 1.03. The average Bonchev–Trinajstić information content (AvgIpc) is 2.78. The summed E-state index contributed by atoms with van der Waals surface area (Å²) in [6.07, 6.45) is 6.47. The van der Waals surface area contributed by atoms with E-state index in [0.717, 1.165) is 18.8 Å². The molecule has 0 aliphatic heterocycles. The summed E-state index contributed by atoms with van der Waals surface area (Å²) >= 11 is 1.64. The van der Waals surface area contributed by atoms with Crippen LogP contribution < -0.4 is 5.32 Å². The highest BCUT2D eigenvalue weighted by Crippen LogP contribution is 2.18. The lowest BCUT2D eigenvalue weighted by Gasteiger charge is -1.96. The van der Waals surface area contributed by atoms with Crippen LogP contribution in [0.25, 0.3) is 0 Å². The van der Waals surface area contributed by atoms with Crippen molar-refractivity contribution in [3.8, 4) is 0 Å². The summed E-state index contributed by atoms with van der Waals surface area (Å²) in [6, 6.07) is 0.714. The number of hydrogen-bond donors (Lipinski definition) is 1. The molecule has 2 aromatic rings. The molecule has 0 unspecified atom stereocenters. The number of thiazole rings is 1. The minimum atomic E-state index is 0.714. The van der Waals surface area contributed by atoms with Crippen LogP contribution in [0.5, 0.6) is 0 Å². The van der Waals surface area contributed by atoms with E-state index in [-0.39, 0.29) is 0 Å². The largest absolute Gasteiger partial charge is 0.308 e. The van der Waals surface area contributed by atoms with Crippen LogP contribution in [0, 0.1) is 0 Å². The average molecular weight is 235 g/mol. The highest BCUT2D eigenvalue weighted by Gasteiger charge is 2.20. The predicted molar refractivity (Wildman–Crippen MR) is 61.1 cm³/mol. The monoisotopic (exact) mass is 235 g/mol. The molecule has 0 bridgehead atoms. The van der Waals surface area contributed by atoms with Gasteiger partial charge in [0.1, 0.15) is 0 Å². The number of rotatable bonds is 5. The molecule has 84 valence electrons. The molecule has 1 fully saturated rings. The maximum atomic E-state index is 4.13. The van der Waals surface area contributed by atoms with E-state index in [9.17, 15) is 0 Å².